The molecule has 30 heavy (non-hydrogen) atoms. The number of halogens is 1. The lowest BCUT2D eigenvalue weighted by molar-refractivity contribution is -0.125. The highest BCUT2D eigenvalue weighted by atomic mass is 35.5. The molecule has 6 nitrogen and oxygen atoms in total. The maximum absolute atomic E-state index is 13.6. The van der Waals surface area contributed by atoms with Crippen molar-refractivity contribution in [3.05, 3.63) is 53.1 Å². The highest BCUT2D eigenvalue weighted by Crippen LogP contribution is 2.40. The number of methoxy groups -OCH3 is 1. The lowest BCUT2D eigenvalue weighted by Crippen LogP contribution is -2.45. The molecule has 2 amide bonds. The van der Waals surface area contributed by atoms with Crippen molar-refractivity contribution in [3.63, 3.8) is 0 Å². The van der Waals surface area contributed by atoms with E-state index in [0.717, 1.165) is 12.0 Å². The molecule has 2 heterocycles. The zero-order valence-electron chi connectivity index (χ0n) is 16.9. The molecule has 2 aliphatic heterocycles. The van der Waals surface area contributed by atoms with Crippen molar-refractivity contribution in [2.45, 2.75) is 31.1 Å². The first-order valence-corrected chi connectivity index (χ1v) is 10.6. The predicted molar refractivity (Wildman–Crippen MR) is 116 cm³/mol. The fourth-order valence-electron chi connectivity index (χ4n) is 4.32. The molecule has 0 aromatic heterocycles. The van der Waals surface area contributed by atoms with Crippen LogP contribution < -0.4 is 15.0 Å². The van der Waals surface area contributed by atoms with E-state index >= 15 is 0 Å². The van der Waals surface area contributed by atoms with Crippen LogP contribution in [0.25, 0.3) is 0 Å². The highest BCUT2D eigenvalue weighted by Gasteiger charge is 2.43. The van der Waals surface area contributed by atoms with E-state index in [1.165, 1.54) is 0 Å². The van der Waals surface area contributed by atoms with Crippen LogP contribution in [0.4, 0.5) is 11.4 Å². The third-order valence-corrected chi connectivity index (χ3v) is 6.30. The van der Waals surface area contributed by atoms with Gasteiger partial charge in [-0.1, -0.05) is 29.8 Å². The van der Waals surface area contributed by atoms with Crippen molar-refractivity contribution in [3.8, 4) is 5.75 Å². The Morgan fingerprint density at radius 3 is 2.63 bits per heavy atom. The molecule has 158 valence electrons. The van der Waals surface area contributed by atoms with E-state index in [1.807, 2.05) is 24.3 Å². The lowest BCUT2D eigenvalue weighted by Gasteiger charge is -2.36. The molecule has 0 spiro atoms. The van der Waals surface area contributed by atoms with Gasteiger partial charge in [0.2, 0.25) is 11.8 Å². The number of carbonyl (C=O) groups excluding carboxylic acids is 2. The van der Waals surface area contributed by atoms with E-state index in [-0.39, 0.29) is 11.8 Å². The summed E-state index contributed by atoms with van der Waals surface area (Å²) in [7, 11) is 1.58. The zero-order valence-corrected chi connectivity index (χ0v) is 17.7. The highest BCUT2D eigenvalue weighted by molar-refractivity contribution is 6.32. The molecular formula is C23H25ClN2O4. The maximum atomic E-state index is 13.6. The molecule has 4 rings (SSSR count). The normalized spacial score (nSPS) is 18.3. The fourth-order valence-corrected chi connectivity index (χ4v) is 4.64. The van der Waals surface area contributed by atoms with E-state index in [2.05, 4.69) is 5.32 Å². The molecule has 2 saturated heterocycles. The first-order valence-electron chi connectivity index (χ1n) is 10.2. The molecule has 0 bridgehead atoms. The first kappa shape index (κ1) is 20.7. The molecule has 0 unspecified atom stereocenters. The molecule has 2 aromatic rings. The minimum Gasteiger partial charge on any atom is -0.495 e. The van der Waals surface area contributed by atoms with Crippen LogP contribution in [0.3, 0.4) is 0 Å². The van der Waals surface area contributed by atoms with Gasteiger partial charge in [-0.3, -0.25) is 9.59 Å². The average molecular weight is 429 g/mol. The van der Waals surface area contributed by atoms with Crippen LogP contribution in [-0.2, 0) is 19.7 Å². The second-order valence-corrected chi connectivity index (χ2v) is 8.07. The van der Waals surface area contributed by atoms with Gasteiger partial charge in [-0.2, -0.15) is 0 Å². The Kier molecular flexibility index (Phi) is 5.97. The molecule has 0 radical (unpaired) electrons. The van der Waals surface area contributed by atoms with Crippen molar-refractivity contribution >= 4 is 34.8 Å². The lowest BCUT2D eigenvalue weighted by atomic mass is 9.73. The number of ether oxygens (including phenoxy) is 2. The van der Waals surface area contributed by atoms with E-state index in [1.54, 1.807) is 30.2 Å². The second-order valence-electron chi connectivity index (χ2n) is 7.66. The first-order chi connectivity index (χ1) is 14.5. The van der Waals surface area contributed by atoms with Crippen molar-refractivity contribution in [1.29, 1.82) is 0 Å². The minimum absolute atomic E-state index is 0.0637. The second kappa shape index (κ2) is 8.66. The van der Waals surface area contributed by atoms with Gasteiger partial charge in [0.1, 0.15) is 5.75 Å². The van der Waals surface area contributed by atoms with Crippen LogP contribution in [0.15, 0.2) is 42.5 Å². The fraction of sp³-hybridized carbons (Fsp3) is 0.391. The standard InChI is InChI=1S/C23H25ClN2O4/c1-29-20-9-8-16(15-19(20)26-12-4-7-21(26)27)25-22(28)23(10-13-30-14-11-23)17-5-2-3-6-18(17)24/h2-3,5-6,8-9,15H,4,7,10-14H2,1H3,(H,25,28). The van der Waals surface area contributed by atoms with Crippen molar-refractivity contribution < 1.29 is 19.1 Å². The smallest absolute Gasteiger partial charge is 0.235 e. The van der Waals surface area contributed by atoms with Gasteiger partial charge in [0.25, 0.3) is 0 Å². The van der Waals surface area contributed by atoms with Gasteiger partial charge in [0.15, 0.2) is 0 Å². The largest absolute Gasteiger partial charge is 0.495 e. The third-order valence-electron chi connectivity index (χ3n) is 5.97. The summed E-state index contributed by atoms with van der Waals surface area (Å²) in [5, 5.41) is 3.64. The summed E-state index contributed by atoms with van der Waals surface area (Å²) < 4.78 is 11.0. The summed E-state index contributed by atoms with van der Waals surface area (Å²) in [4.78, 5) is 27.5. The number of nitrogens with zero attached hydrogens (tertiary/aromatic N) is 1. The number of anilines is 2. The van der Waals surface area contributed by atoms with Crippen molar-refractivity contribution in [2.24, 2.45) is 0 Å². The predicted octanol–water partition coefficient (Wildman–Crippen LogP) is 4.16. The Morgan fingerprint density at radius 1 is 1.20 bits per heavy atom. The van der Waals surface area contributed by atoms with Gasteiger partial charge >= 0.3 is 0 Å². The van der Waals surface area contributed by atoms with Gasteiger partial charge in [-0.15, -0.1) is 0 Å². The molecule has 7 heteroatoms. The van der Waals surface area contributed by atoms with Gasteiger partial charge in [0.05, 0.1) is 18.2 Å². The average Bonchev–Trinajstić information content (AvgIpc) is 3.20. The number of amides is 2. The van der Waals surface area contributed by atoms with Crippen LogP contribution in [0.1, 0.15) is 31.2 Å². The Bertz CT molecular complexity index is 956. The topological polar surface area (TPSA) is 67.9 Å². The SMILES string of the molecule is COc1ccc(NC(=O)C2(c3ccccc3Cl)CCOCC2)cc1N1CCCC1=O. The monoisotopic (exact) mass is 428 g/mol. The Morgan fingerprint density at radius 2 is 1.97 bits per heavy atom. The number of benzene rings is 2. The van der Waals surface area contributed by atoms with Crippen LogP contribution in [0, 0.1) is 0 Å². The van der Waals surface area contributed by atoms with Crippen LogP contribution in [0.2, 0.25) is 5.02 Å². The minimum atomic E-state index is -0.764. The Balaban J connectivity index is 1.66. The zero-order chi connectivity index (χ0) is 21.1. The number of carbonyl (C=O) groups is 2. The number of hydrogen-bond donors (Lipinski definition) is 1. The molecule has 2 aliphatic rings. The van der Waals surface area contributed by atoms with Crippen LogP contribution in [-0.4, -0.2) is 38.7 Å². The summed E-state index contributed by atoms with van der Waals surface area (Å²) in [6.07, 6.45) is 2.44. The van der Waals surface area contributed by atoms with Gasteiger partial charge in [-0.25, -0.2) is 0 Å². The molecule has 0 atom stereocenters. The van der Waals surface area contributed by atoms with E-state index in [9.17, 15) is 9.59 Å². The van der Waals surface area contributed by atoms with Crippen LogP contribution in [0.5, 0.6) is 5.75 Å². The molecular weight excluding hydrogens is 404 g/mol. The number of nitrogens with one attached hydrogen (secondary N) is 1. The van der Waals surface area contributed by atoms with Crippen LogP contribution >= 0.6 is 11.6 Å². The molecule has 0 aliphatic carbocycles. The van der Waals surface area contributed by atoms with Gasteiger partial charge in [-0.05, 0) is 49.1 Å². The number of rotatable bonds is 5. The summed E-state index contributed by atoms with van der Waals surface area (Å²) in [5.74, 6) is 0.548. The third kappa shape index (κ3) is 3.77. The van der Waals surface area contributed by atoms with Crippen molar-refractivity contribution in [1.82, 2.24) is 0 Å². The van der Waals surface area contributed by atoms with Crippen molar-refractivity contribution in [2.75, 3.05) is 37.1 Å². The van der Waals surface area contributed by atoms with E-state index in [0.29, 0.717) is 61.2 Å². The molecule has 2 aromatic carbocycles. The number of hydrogen-bond acceptors (Lipinski definition) is 4. The summed E-state index contributed by atoms with van der Waals surface area (Å²) in [6, 6.07) is 12.9. The maximum Gasteiger partial charge on any atom is 0.235 e. The summed E-state index contributed by atoms with van der Waals surface area (Å²) in [5.41, 5.74) is 1.35. The van der Waals surface area contributed by atoms with E-state index in [4.69, 9.17) is 21.1 Å². The molecule has 0 saturated carbocycles. The molecule has 1 N–H and O–H groups in total. The molecule has 2 fully saturated rings. The van der Waals surface area contributed by atoms with E-state index < -0.39 is 5.41 Å². The van der Waals surface area contributed by atoms with Gasteiger partial charge < -0.3 is 19.7 Å². The Hall–Kier alpha value is -2.57. The quantitative estimate of drug-likeness (QED) is 0.776. The van der Waals surface area contributed by atoms with Gasteiger partial charge in [0, 0.05) is 36.9 Å². The summed E-state index contributed by atoms with van der Waals surface area (Å²) >= 11 is 6.48. The summed E-state index contributed by atoms with van der Waals surface area (Å²) in [6.45, 7) is 1.64. The Labute approximate surface area is 181 Å².